The van der Waals surface area contributed by atoms with E-state index in [9.17, 15) is 0 Å². The van der Waals surface area contributed by atoms with E-state index in [1.807, 2.05) is 18.2 Å². The molecule has 0 bridgehead atoms. The first kappa shape index (κ1) is 15.3. The van der Waals surface area contributed by atoms with Crippen molar-refractivity contribution in [2.75, 3.05) is 13.2 Å². The van der Waals surface area contributed by atoms with E-state index in [2.05, 4.69) is 47.2 Å². The lowest BCUT2D eigenvalue weighted by Crippen LogP contribution is -2.19. The Morgan fingerprint density at radius 2 is 1.92 bits per heavy atom. The van der Waals surface area contributed by atoms with Crippen LogP contribution in [0.1, 0.15) is 18.4 Å². The van der Waals surface area contributed by atoms with Crippen molar-refractivity contribution in [2.24, 2.45) is 5.92 Å². The maximum absolute atomic E-state index is 5.91. The number of hydrogen-bond acceptors (Lipinski definition) is 2. The zero-order valence-corrected chi connectivity index (χ0v) is 13.8. The molecule has 123 valence electrons. The van der Waals surface area contributed by atoms with Crippen molar-refractivity contribution < 1.29 is 9.47 Å². The molecule has 0 atom stereocenters. The number of rotatable bonds is 5. The standard InChI is InChI=1S/C21H22NO2/c1-2-4-18(5-3-1)16-24-20-6-7-21-19(14-20)8-11-22(21)15-17-9-12-23-13-10-17/h1-7,11,14,17H,9-10,12-13,15-16H2. The van der Waals surface area contributed by atoms with Crippen LogP contribution in [0.2, 0.25) is 0 Å². The van der Waals surface area contributed by atoms with E-state index in [0.717, 1.165) is 43.7 Å². The number of ether oxygens (including phenoxy) is 2. The quantitative estimate of drug-likeness (QED) is 0.693. The van der Waals surface area contributed by atoms with Gasteiger partial charge in [0.05, 0.1) is 0 Å². The Balaban J connectivity index is 1.46. The Morgan fingerprint density at radius 1 is 1.08 bits per heavy atom. The maximum Gasteiger partial charge on any atom is 0.120 e. The molecule has 0 aliphatic carbocycles. The van der Waals surface area contributed by atoms with Gasteiger partial charge in [-0.15, -0.1) is 0 Å². The first-order valence-electron chi connectivity index (χ1n) is 8.63. The Bertz CT molecular complexity index is 788. The second-order valence-electron chi connectivity index (χ2n) is 6.43. The Hall–Kier alpha value is -2.26. The van der Waals surface area contributed by atoms with Crippen LogP contribution in [0.3, 0.4) is 0 Å². The summed E-state index contributed by atoms with van der Waals surface area (Å²) in [5.74, 6) is 1.60. The molecule has 1 fully saturated rings. The molecule has 3 aromatic rings. The minimum absolute atomic E-state index is 0.592. The van der Waals surface area contributed by atoms with Gasteiger partial charge in [-0.2, -0.15) is 0 Å². The normalized spacial score (nSPS) is 15.7. The highest BCUT2D eigenvalue weighted by atomic mass is 16.5. The second kappa shape index (κ2) is 7.10. The summed E-state index contributed by atoms with van der Waals surface area (Å²) >= 11 is 0. The molecule has 0 N–H and O–H groups in total. The van der Waals surface area contributed by atoms with E-state index in [4.69, 9.17) is 9.47 Å². The molecule has 1 aliphatic rings. The fraction of sp³-hybridized carbons (Fsp3) is 0.333. The number of benzene rings is 2. The number of nitrogens with zero attached hydrogens (tertiary/aromatic N) is 1. The predicted octanol–water partition coefficient (Wildman–Crippen LogP) is 4.45. The van der Waals surface area contributed by atoms with E-state index in [1.54, 1.807) is 0 Å². The van der Waals surface area contributed by atoms with Gasteiger partial charge < -0.3 is 14.0 Å². The van der Waals surface area contributed by atoms with Crippen molar-refractivity contribution in [2.45, 2.75) is 26.0 Å². The lowest BCUT2D eigenvalue weighted by atomic mass is 10.0. The average molecular weight is 320 g/mol. The molecule has 1 aliphatic heterocycles. The van der Waals surface area contributed by atoms with Crippen molar-refractivity contribution in [1.29, 1.82) is 0 Å². The summed E-state index contributed by atoms with van der Waals surface area (Å²) in [7, 11) is 0. The van der Waals surface area contributed by atoms with Crippen LogP contribution in [-0.2, 0) is 17.9 Å². The van der Waals surface area contributed by atoms with Crippen molar-refractivity contribution in [1.82, 2.24) is 4.57 Å². The molecule has 1 radical (unpaired) electrons. The molecule has 0 unspecified atom stereocenters. The molecule has 0 spiro atoms. The third kappa shape index (κ3) is 3.46. The SMILES string of the molecule is [c]1cn(CC2CCOCC2)c2ccc(OCc3ccccc3)cc12. The molecule has 0 amide bonds. The smallest absolute Gasteiger partial charge is 0.120 e. The number of hydrogen-bond donors (Lipinski definition) is 0. The van der Waals surface area contributed by atoms with Crippen molar-refractivity contribution in [3.05, 3.63) is 66.4 Å². The van der Waals surface area contributed by atoms with Gasteiger partial charge in [-0.25, -0.2) is 0 Å². The highest BCUT2D eigenvalue weighted by Crippen LogP contribution is 2.25. The lowest BCUT2D eigenvalue weighted by molar-refractivity contribution is 0.0616. The van der Waals surface area contributed by atoms with Gasteiger partial charge in [-0.05, 0) is 42.5 Å². The van der Waals surface area contributed by atoms with Gasteiger partial charge in [0.25, 0.3) is 0 Å². The van der Waals surface area contributed by atoms with Gasteiger partial charge in [0.2, 0.25) is 0 Å². The maximum atomic E-state index is 5.91. The summed E-state index contributed by atoms with van der Waals surface area (Å²) < 4.78 is 13.7. The van der Waals surface area contributed by atoms with Crippen LogP contribution in [0.5, 0.6) is 5.75 Å². The molecular weight excluding hydrogens is 298 g/mol. The topological polar surface area (TPSA) is 23.4 Å². The van der Waals surface area contributed by atoms with E-state index in [-0.39, 0.29) is 0 Å². The molecular formula is C21H22NO2. The molecule has 2 heterocycles. The molecule has 1 saturated heterocycles. The van der Waals surface area contributed by atoms with Crippen LogP contribution in [0.25, 0.3) is 10.9 Å². The summed E-state index contributed by atoms with van der Waals surface area (Å²) in [5.41, 5.74) is 2.41. The molecule has 2 aromatic carbocycles. The molecule has 0 saturated carbocycles. The van der Waals surface area contributed by atoms with Crippen LogP contribution in [-0.4, -0.2) is 17.8 Å². The van der Waals surface area contributed by atoms with E-state index < -0.39 is 0 Å². The highest BCUT2D eigenvalue weighted by molar-refractivity contribution is 5.81. The van der Waals surface area contributed by atoms with Gasteiger partial charge in [0, 0.05) is 42.9 Å². The summed E-state index contributed by atoms with van der Waals surface area (Å²) in [5, 5.41) is 1.12. The van der Waals surface area contributed by atoms with Crippen LogP contribution in [0.4, 0.5) is 0 Å². The summed E-state index contributed by atoms with van der Waals surface area (Å²) in [6, 6.07) is 19.9. The zero-order chi connectivity index (χ0) is 16.2. The third-order valence-corrected chi connectivity index (χ3v) is 4.70. The summed E-state index contributed by atoms with van der Waals surface area (Å²) in [6.45, 7) is 3.43. The van der Waals surface area contributed by atoms with Crippen molar-refractivity contribution in [3.8, 4) is 5.75 Å². The van der Waals surface area contributed by atoms with Crippen LogP contribution < -0.4 is 4.74 Å². The lowest BCUT2D eigenvalue weighted by Gasteiger charge is -2.22. The van der Waals surface area contributed by atoms with Gasteiger partial charge in [0.1, 0.15) is 12.4 Å². The summed E-state index contributed by atoms with van der Waals surface area (Å²) in [6.07, 6.45) is 4.37. The molecule has 4 rings (SSSR count). The molecule has 3 heteroatoms. The first-order valence-corrected chi connectivity index (χ1v) is 8.63. The minimum atomic E-state index is 0.592. The van der Waals surface area contributed by atoms with Crippen LogP contribution in [0.15, 0.2) is 54.7 Å². The van der Waals surface area contributed by atoms with Crippen molar-refractivity contribution >= 4 is 10.9 Å². The third-order valence-electron chi connectivity index (χ3n) is 4.70. The van der Waals surface area contributed by atoms with E-state index in [1.165, 1.54) is 11.1 Å². The van der Waals surface area contributed by atoms with Crippen molar-refractivity contribution in [3.63, 3.8) is 0 Å². The van der Waals surface area contributed by atoms with Crippen LogP contribution in [0, 0.1) is 12.0 Å². The predicted molar refractivity (Wildman–Crippen MR) is 95.1 cm³/mol. The van der Waals surface area contributed by atoms with E-state index >= 15 is 0 Å². The van der Waals surface area contributed by atoms with Gasteiger partial charge in [-0.1, -0.05) is 30.3 Å². The summed E-state index contributed by atoms with van der Waals surface area (Å²) in [4.78, 5) is 0. The minimum Gasteiger partial charge on any atom is -0.489 e. The van der Waals surface area contributed by atoms with Crippen LogP contribution >= 0.6 is 0 Å². The number of aromatic nitrogens is 1. The largest absolute Gasteiger partial charge is 0.489 e. The molecule has 3 nitrogen and oxygen atoms in total. The Labute approximate surface area is 142 Å². The average Bonchev–Trinajstić information content (AvgIpc) is 3.04. The monoisotopic (exact) mass is 320 g/mol. The van der Waals surface area contributed by atoms with Gasteiger partial charge in [0.15, 0.2) is 0 Å². The molecule has 1 aromatic heterocycles. The number of fused-ring (bicyclic) bond motifs is 1. The zero-order valence-electron chi connectivity index (χ0n) is 13.8. The Kier molecular flexibility index (Phi) is 4.52. The fourth-order valence-electron chi connectivity index (χ4n) is 3.29. The van der Waals surface area contributed by atoms with E-state index in [0.29, 0.717) is 12.5 Å². The first-order chi connectivity index (χ1) is 11.9. The van der Waals surface area contributed by atoms with Gasteiger partial charge >= 0.3 is 0 Å². The fourth-order valence-corrected chi connectivity index (χ4v) is 3.29. The highest BCUT2D eigenvalue weighted by Gasteiger charge is 2.15. The van der Waals surface area contributed by atoms with Gasteiger partial charge in [-0.3, -0.25) is 0 Å². The Morgan fingerprint density at radius 3 is 2.75 bits per heavy atom. The molecule has 24 heavy (non-hydrogen) atoms. The second-order valence-corrected chi connectivity index (χ2v) is 6.43.